The van der Waals surface area contributed by atoms with Gasteiger partial charge in [-0.15, -0.1) is 0 Å². The fourth-order valence-corrected chi connectivity index (χ4v) is 1.89. The minimum Gasteiger partial charge on any atom is -0.424 e. The van der Waals surface area contributed by atoms with E-state index in [-0.39, 0.29) is 22.6 Å². The third-order valence-electron chi connectivity index (χ3n) is 3.05. The normalized spacial score (nSPS) is 21.4. The minimum atomic E-state index is -4.99. The number of ether oxygens (including phenoxy) is 2. The number of carbonyl (C=O) groups is 1. The van der Waals surface area contributed by atoms with Crippen LogP contribution in [0.4, 0.5) is 18.0 Å². The van der Waals surface area contributed by atoms with Crippen molar-refractivity contribution in [3.8, 4) is 11.5 Å². The van der Waals surface area contributed by atoms with Crippen molar-refractivity contribution in [2.45, 2.75) is 38.4 Å². The smallest absolute Gasteiger partial charge is 0.424 e. The molecule has 2 atom stereocenters. The highest BCUT2D eigenvalue weighted by molar-refractivity contribution is 6.30. The first-order valence-corrected chi connectivity index (χ1v) is 6.87. The lowest BCUT2D eigenvalue weighted by Gasteiger charge is -2.30. The van der Waals surface area contributed by atoms with Crippen LogP contribution in [0.15, 0.2) is 18.2 Å². The maximum atomic E-state index is 13.3. The van der Waals surface area contributed by atoms with Gasteiger partial charge < -0.3 is 14.8 Å². The van der Waals surface area contributed by atoms with E-state index in [0.717, 1.165) is 0 Å². The number of rotatable bonds is 3. The number of hydrogen-bond donors (Lipinski definition) is 2. The van der Waals surface area contributed by atoms with E-state index < -0.39 is 18.1 Å². The molecule has 9 heteroatoms. The molecule has 2 N–H and O–H groups in total. The first-order valence-electron chi connectivity index (χ1n) is 6.50. The largest absolute Gasteiger partial charge is 0.492 e. The Morgan fingerprint density at radius 3 is 2.59 bits per heavy atom. The summed E-state index contributed by atoms with van der Waals surface area (Å²) in [5.41, 5.74) is 0. The average molecular weight is 339 g/mol. The molecule has 0 radical (unpaired) electrons. The molecule has 2 rings (SSSR count). The second-order valence-corrected chi connectivity index (χ2v) is 5.25. The molecule has 1 aromatic rings. The highest BCUT2D eigenvalue weighted by Gasteiger charge is 2.65. The molecule has 0 spiro atoms. The van der Waals surface area contributed by atoms with Crippen molar-refractivity contribution in [2.24, 2.45) is 0 Å². The van der Waals surface area contributed by atoms with Gasteiger partial charge in [-0.1, -0.05) is 18.5 Å². The van der Waals surface area contributed by atoms with Gasteiger partial charge in [-0.05, 0) is 25.5 Å². The van der Waals surface area contributed by atoms with Crippen LogP contribution < -0.4 is 20.1 Å². The number of nitrogens with one attached hydrogen (secondary N) is 2. The monoisotopic (exact) mass is 338 g/mol. The average Bonchev–Trinajstić information content (AvgIpc) is 2.76. The van der Waals surface area contributed by atoms with E-state index in [0.29, 0.717) is 6.42 Å². The molecule has 1 heterocycles. The number of halogens is 4. The van der Waals surface area contributed by atoms with E-state index in [1.54, 1.807) is 19.2 Å². The van der Waals surface area contributed by atoms with Crippen LogP contribution in [0, 0.1) is 0 Å². The molecule has 0 aliphatic carbocycles. The maximum Gasteiger partial charge on any atom is 0.492 e. The molecule has 2 amide bonds. The molecule has 0 unspecified atom stereocenters. The van der Waals surface area contributed by atoms with E-state index in [2.05, 4.69) is 5.32 Å². The van der Waals surface area contributed by atoms with Crippen molar-refractivity contribution in [2.75, 3.05) is 0 Å². The number of carbonyl (C=O) groups excluding carboxylic acids is 1. The predicted molar refractivity (Wildman–Crippen MR) is 72.9 cm³/mol. The van der Waals surface area contributed by atoms with Crippen LogP contribution in [0.3, 0.4) is 0 Å². The first kappa shape index (κ1) is 16.5. The van der Waals surface area contributed by atoms with Gasteiger partial charge in [0.05, 0.1) is 0 Å². The third-order valence-corrected chi connectivity index (χ3v) is 3.29. The summed E-state index contributed by atoms with van der Waals surface area (Å²) < 4.78 is 49.7. The summed E-state index contributed by atoms with van der Waals surface area (Å²) in [7, 11) is 0. The Bertz CT molecular complexity index is 582. The minimum absolute atomic E-state index is 0.162. The number of hydrogen-bond acceptors (Lipinski definition) is 3. The molecular formula is C13H14ClF3N2O3. The van der Waals surface area contributed by atoms with Crippen molar-refractivity contribution in [3.63, 3.8) is 0 Å². The molecular weight excluding hydrogens is 325 g/mol. The molecule has 5 nitrogen and oxygen atoms in total. The van der Waals surface area contributed by atoms with E-state index in [9.17, 15) is 18.0 Å². The summed E-state index contributed by atoms with van der Waals surface area (Å²) in [6.45, 7) is 3.44. The Balaban J connectivity index is 2.24. The standard InChI is InChI=1S/C13H14ClF3N2O3/c1-3-7(2)18-11(20)19-13(12(15,16)17)21-9-5-4-8(14)6-10(9)22-13/h4-7H,3H2,1-2H3,(H2,18,19,20)/t7-,13+/m1/s1. The van der Waals surface area contributed by atoms with E-state index in [1.807, 2.05) is 0 Å². The van der Waals surface area contributed by atoms with Gasteiger partial charge in [0, 0.05) is 17.1 Å². The molecule has 122 valence electrons. The number of amides is 2. The van der Waals surface area contributed by atoms with Gasteiger partial charge in [0.25, 0.3) is 0 Å². The van der Waals surface area contributed by atoms with Crippen molar-refractivity contribution in [1.29, 1.82) is 0 Å². The lowest BCUT2D eigenvalue weighted by atomic mass is 10.3. The lowest BCUT2D eigenvalue weighted by Crippen LogP contribution is -2.66. The van der Waals surface area contributed by atoms with Gasteiger partial charge >= 0.3 is 18.1 Å². The molecule has 1 aliphatic rings. The molecule has 0 saturated heterocycles. The van der Waals surface area contributed by atoms with Crippen molar-refractivity contribution in [3.05, 3.63) is 23.2 Å². The highest BCUT2D eigenvalue weighted by atomic mass is 35.5. The van der Waals surface area contributed by atoms with Gasteiger partial charge in [-0.3, -0.25) is 5.32 Å². The van der Waals surface area contributed by atoms with E-state index in [4.69, 9.17) is 21.1 Å². The number of fused-ring (bicyclic) bond motifs is 1. The van der Waals surface area contributed by atoms with Crippen molar-refractivity contribution >= 4 is 17.6 Å². The van der Waals surface area contributed by atoms with Gasteiger partial charge in [0.15, 0.2) is 11.5 Å². The van der Waals surface area contributed by atoms with Crippen LogP contribution in [0.2, 0.25) is 5.02 Å². The Hall–Kier alpha value is -1.83. The quantitative estimate of drug-likeness (QED) is 0.887. The second kappa shape index (κ2) is 5.75. The second-order valence-electron chi connectivity index (χ2n) is 4.82. The Morgan fingerprint density at radius 1 is 1.36 bits per heavy atom. The lowest BCUT2D eigenvalue weighted by molar-refractivity contribution is -0.317. The predicted octanol–water partition coefficient (Wildman–Crippen LogP) is 3.43. The summed E-state index contributed by atoms with van der Waals surface area (Å²) in [6, 6.07) is 2.42. The van der Waals surface area contributed by atoms with Gasteiger partial charge in [-0.25, -0.2) is 4.79 Å². The topological polar surface area (TPSA) is 59.6 Å². The van der Waals surface area contributed by atoms with Crippen molar-refractivity contribution < 1.29 is 27.4 Å². The summed E-state index contributed by atoms with van der Waals surface area (Å²) in [6.07, 6.45) is -4.44. The molecule has 1 aliphatic heterocycles. The summed E-state index contributed by atoms with van der Waals surface area (Å²) in [5.74, 6) is -3.64. The van der Waals surface area contributed by atoms with Crippen LogP contribution in [-0.4, -0.2) is 24.2 Å². The molecule has 0 saturated carbocycles. The van der Waals surface area contributed by atoms with Crippen LogP contribution in [0.5, 0.6) is 11.5 Å². The third kappa shape index (κ3) is 3.16. The number of benzene rings is 1. The van der Waals surface area contributed by atoms with Crippen LogP contribution in [0.1, 0.15) is 20.3 Å². The Kier molecular flexibility index (Phi) is 4.32. The zero-order chi connectivity index (χ0) is 16.5. The van der Waals surface area contributed by atoms with Crippen LogP contribution in [-0.2, 0) is 0 Å². The highest BCUT2D eigenvalue weighted by Crippen LogP contribution is 2.45. The molecule has 22 heavy (non-hydrogen) atoms. The van der Waals surface area contributed by atoms with Gasteiger partial charge in [0.2, 0.25) is 0 Å². The summed E-state index contributed by atoms with van der Waals surface area (Å²) in [4.78, 5) is 11.7. The summed E-state index contributed by atoms with van der Waals surface area (Å²) >= 11 is 5.71. The van der Waals surface area contributed by atoms with Gasteiger partial charge in [0.1, 0.15) is 0 Å². The molecule has 0 aromatic heterocycles. The zero-order valence-electron chi connectivity index (χ0n) is 11.8. The van der Waals surface area contributed by atoms with Crippen LogP contribution in [0.25, 0.3) is 0 Å². The maximum absolute atomic E-state index is 13.3. The Labute approximate surface area is 129 Å². The fraction of sp³-hybridized carbons (Fsp3) is 0.462. The zero-order valence-corrected chi connectivity index (χ0v) is 12.5. The molecule has 1 aromatic carbocycles. The van der Waals surface area contributed by atoms with E-state index in [1.165, 1.54) is 18.2 Å². The fourth-order valence-electron chi connectivity index (χ4n) is 1.73. The first-order chi connectivity index (χ1) is 10.2. The molecule has 0 fully saturated rings. The van der Waals surface area contributed by atoms with Crippen LogP contribution >= 0.6 is 11.6 Å². The number of urea groups is 1. The van der Waals surface area contributed by atoms with Crippen molar-refractivity contribution in [1.82, 2.24) is 10.6 Å². The van der Waals surface area contributed by atoms with Gasteiger partial charge in [-0.2, -0.15) is 13.2 Å². The number of alkyl halides is 3. The Morgan fingerprint density at radius 2 is 2.00 bits per heavy atom. The van der Waals surface area contributed by atoms with E-state index >= 15 is 0 Å². The molecule has 0 bridgehead atoms. The summed E-state index contributed by atoms with van der Waals surface area (Å²) in [5, 5.41) is 4.24. The SMILES string of the molecule is CC[C@@H](C)NC(=O)N[C@@]1(C(F)(F)F)Oc2ccc(Cl)cc2O1.